The molecule has 116 valence electrons. The van der Waals surface area contributed by atoms with Crippen LogP contribution < -0.4 is 10.6 Å². The highest BCUT2D eigenvalue weighted by atomic mass is 16.2. The van der Waals surface area contributed by atoms with E-state index >= 15 is 0 Å². The van der Waals surface area contributed by atoms with E-state index in [1.807, 2.05) is 43.5 Å². The van der Waals surface area contributed by atoms with Gasteiger partial charge in [0.1, 0.15) is 5.69 Å². The second-order valence-corrected chi connectivity index (χ2v) is 5.79. The first-order valence-corrected chi connectivity index (χ1v) is 7.70. The summed E-state index contributed by atoms with van der Waals surface area (Å²) in [7, 11) is 0. The fourth-order valence-electron chi connectivity index (χ4n) is 2.26. The van der Waals surface area contributed by atoms with Gasteiger partial charge in [-0.15, -0.1) is 5.10 Å². The van der Waals surface area contributed by atoms with Gasteiger partial charge in [0.25, 0.3) is 0 Å². The molecule has 1 aliphatic rings. The summed E-state index contributed by atoms with van der Waals surface area (Å²) in [5, 5.41) is 14.4. The molecule has 1 fully saturated rings. The molecule has 0 spiro atoms. The van der Waals surface area contributed by atoms with Crippen molar-refractivity contribution >= 4 is 5.91 Å². The van der Waals surface area contributed by atoms with Gasteiger partial charge in [-0.2, -0.15) is 0 Å². The maximum atomic E-state index is 11.9. The molecule has 2 aromatic rings. The first-order chi connectivity index (χ1) is 10.7. The zero-order valence-electron chi connectivity index (χ0n) is 12.7. The van der Waals surface area contributed by atoms with Gasteiger partial charge >= 0.3 is 0 Å². The topological polar surface area (TPSA) is 71.8 Å². The van der Waals surface area contributed by atoms with Crippen molar-refractivity contribution in [2.75, 3.05) is 13.1 Å². The predicted octanol–water partition coefficient (Wildman–Crippen LogP) is 1.44. The molecule has 0 bridgehead atoms. The molecule has 2 N–H and O–H groups in total. The van der Waals surface area contributed by atoms with E-state index in [9.17, 15) is 4.79 Å². The number of para-hydroxylation sites is 1. The van der Waals surface area contributed by atoms with Gasteiger partial charge in [-0.3, -0.25) is 4.79 Å². The van der Waals surface area contributed by atoms with Gasteiger partial charge in [-0.05, 0) is 44.4 Å². The monoisotopic (exact) mass is 299 g/mol. The first-order valence-electron chi connectivity index (χ1n) is 7.70. The highest BCUT2D eigenvalue weighted by Crippen LogP contribution is 2.27. The number of amides is 1. The minimum atomic E-state index is -0.160. The lowest BCUT2D eigenvalue weighted by molar-refractivity contribution is -0.120. The first kappa shape index (κ1) is 14.7. The highest BCUT2D eigenvalue weighted by molar-refractivity contribution is 5.78. The minimum Gasteiger partial charge on any atom is -0.347 e. The Morgan fingerprint density at radius 3 is 2.86 bits per heavy atom. The molecule has 1 unspecified atom stereocenters. The van der Waals surface area contributed by atoms with Crippen LogP contribution in [0, 0.1) is 5.92 Å². The normalized spacial score (nSPS) is 15.5. The molecular weight excluding hydrogens is 278 g/mol. The lowest BCUT2D eigenvalue weighted by atomic mass is 10.2. The minimum absolute atomic E-state index is 0.0117. The Hall–Kier alpha value is -2.21. The largest absolute Gasteiger partial charge is 0.347 e. The van der Waals surface area contributed by atoms with Gasteiger partial charge in [0.15, 0.2) is 0 Å². The van der Waals surface area contributed by atoms with Crippen LogP contribution in [0.15, 0.2) is 36.5 Å². The molecule has 6 nitrogen and oxygen atoms in total. The standard InChI is InChI=1S/C16H21N5O/c1-12(18-16(22)10-17-9-13-7-8-13)15-11-21(20-19-15)14-5-3-2-4-6-14/h2-6,11-13,17H,7-10H2,1H3,(H,18,22). The number of rotatable bonds is 7. The molecule has 1 heterocycles. The van der Waals surface area contributed by atoms with Gasteiger partial charge < -0.3 is 10.6 Å². The number of carbonyl (C=O) groups excluding carboxylic acids is 1. The van der Waals surface area contributed by atoms with Gasteiger partial charge in [0, 0.05) is 0 Å². The number of benzene rings is 1. The average molecular weight is 299 g/mol. The number of nitrogens with zero attached hydrogens (tertiary/aromatic N) is 3. The van der Waals surface area contributed by atoms with E-state index in [0.29, 0.717) is 6.54 Å². The summed E-state index contributed by atoms with van der Waals surface area (Å²) in [5.41, 5.74) is 1.70. The number of nitrogens with one attached hydrogen (secondary N) is 2. The van der Waals surface area contributed by atoms with Gasteiger partial charge in [0.2, 0.25) is 5.91 Å². The van der Waals surface area contributed by atoms with Crippen LogP contribution >= 0.6 is 0 Å². The van der Waals surface area contributed by atoms with Crippen molar-refractivity contribution in [2.45, 2.75) is 25.8 Å². The summed E-state index contributed by atoms with van der Waals surface area (Å²) < 4.78 is 1.71. The van der Waals surface area contributed by atoms with Crippen molar-refractivity contribution in [3.8, 4) is 5.69 Å². The second kappa shape index (κ2) is 6.70. The molecule has 1 aromatic heterocycles. The summed E-state index contributed by atoms with van der Waals surface area (Å²) in [6.07, 6.45) is 4.42. The van der Waals surface area contributed by atoms with Crippen molar-refractivity contribution < 1.29 is 4.79 Å². The number of hydrogen-bond acceptors (Lipinski definition) is 4. The molecule has 1 aliphatic carbocycles. The summed E-state index contributed by atoms with van der Waals surface area (Å²) in [5.74, 6) is 0.762. The predicted molar refractivity (Wildman–Crippen MR) is 83.5 cm³/mol. The summed E-state index contributed by atoms with van der Waals surface area (Å²) >= 11 is 0. The molecule has 0 aliphatic heterocycles. The van der Waals surface area contributed by atoms with Crippen molar-refractivity contribution in [1.82, 2.24) is 25.6 Å². The van der Waals surface area contributed by atoms with Crippen LogP contribution in [0.4, 0.5) is 0 Å². The summed E-state index contributed by atoms with van der Waals surface area (Å²) in [6, 6.07) is 9.62. The van der Waals surface area contributed by atoms with Crippen LogP contribution in [0.25, 0.3) is 5.69 Å². The van der Waals surface area contributed by atoms with Gasteiger partial charge in [0.05, 0.1) is 24.5 Å². The molecule has 1 amide bonds. The zero-order valence-corrected chi connectivity index (χ0v) is 12.7. The van der Waals surface area contributed by atoms with Crippen LogP contribution in [-0.2, 0) is 4.79 Å². The fourth-order valence-corrected chi connectivity index (χ4v) is 2.26. The SMILES string of the molecule is CC(NC(=O)CNCC1CC1)c1cn(-c2ccccc2)nn1. The van der Waals surface area contributed by atoms with E-state index in [-0.39, 0.29) is 11.9 Å². The van der Waals surface area contributed by atoms with E-state index in [2.05, 4.69) is 20.9 Å². The van der Waals surface area contributed by atoms with Crippen molar-refractivity contribution in [1.29, 1.82) is 0 Å². The molecule has 1 aromatic carbocycles. The highest BCUT2D eigenvalue weighted by Gasteiger charge is 2.21. The van der Waals surface area contributed by atoms with Crippen LogP contribution in [-0.4, -0.2) is 34.0 Å². The maximum absolute atomic E-state index is 11.9. The Labute approximate surface area is 129 Å². The summed E-state index contributed by atoms with van der Waals surface area (Å²) in [4.78, 5) is 11.9. The Balaban J connectivity index is 1.52. The summed E-state index contributed by atoms with van der Waals surface area (Å²) in [6.45, 7) is 3.21. The molecular formula is C16H21N5O. The van der Waals surface area contributed by atoms with Gasteiger partial charge in [-0.25, -0.2) is 4.68 Å². The Bertz CT molecular complexity index is 620. The third-order valence-corrected chi connectivity index (χ3v) is 3.77. The van der Waals surface area contributed by atoms with Crippen LogP contribution in [0.5, 0.6) is 0 Å². The smallest absolute Gasteiger partial charge is 0.234 e. The van der Waals surface area contributed by atoms with E-state index in [4.69, 9.17) is 0 Å². The number of aromatic nitrogens is 3. The Morgan fingerprint density at radius 2 is 2.14 bits per heavy atom. The number of carbonyl (C=O) groups is 1. The lowest BCUT2D eigenvalue weighted by Gasteiger charge is -2.11. The zero-order chi connectivity index (χ0) is 15.4. The molecule has 22 heavy (non-hydrogen) atoms. The second-order valence-electron chi connectivity index (χ2n) is 5.79. The fraction of sp³-hybridized carbons (Fsp3) is 0.438. The molecule has 1 atom stereocenters. The van der Waals surface area contributed by atoms with Gasteiger partial charge in [-0.1, -0.05) is 23.4 Å². The van der Waals surface area contributed by atoms with Crippen LogP contribution in [0.2, 0.25) is 0 Å². The quantitative estimate of drug-likeness (QED) is 0.811. The maximum Gasteiger partial charge on any atom is 0.234 e. The number of hydrogen-bond donors (Lipinski definition) is 2. The molecule has 6 heteroatoms. The van der Waals surface area contributed by atoms with E-state index < -0.39 is 0 Å². The Kier molecular flexibility index (Phi) is 4.48. The van der Waals surface area contributed by atoms with Crippen LogP contribution in [0.1, 0.15) is 31.5 Å². The lowest BCUT2D eigenvalue weighted by Crippen LogP contribution is -2.36. The molecule has 3 rings (SSSR count). The molecule has 0 radical (unpaired) electrons. The third kappa shape index (κ3) is 3.92. The van der Waals surface area contributed by atoms with Crippen molar-refractivity contribution in [2.24, 2.45) is 5.92 Å². The van der Waals surface area contributed by atoms with E-state index in [0.717, 1.165) is 23.8 Å². The third-order valence-electron chi connectivity index (χ3n) is 3.77. The van der Waals surface area contributed by atoms with Crippen molar-refractivity contribution in [3.05, 3.63) is 42.2 Å². The van der Waals surface area contributed by atoms with Crippen molar-refractivity contribution in [3.63, 3.8) is 0 Å². The Morgan fingerprint density at radius 1 is 1.36 bits per heavy atom. The molecule has 0 saturated heterocycles. The molecule has 1 saturated carbocycles. The van der Waals surface area contributed by atoms with E-state index in [1.54, 1.807) is 4.68 Å². The van der Waals surface area contributed by atoms with Crippen LogP contribution in [0.3, 0.4) is 0 Å². The average Bonchev–Trinajstić information content (AvgIpc) is 3.21. The van der Waals surface area contributed by atoms with E-state index in [1.165, 1.54) is 12.8 Å².